The van der Waals surface area contributed by atoms with Crippen molar-refractivity contribution in [2.75, 3.05) is 13.2 Å². The predicted molar refractivity (Wildman–Crippen MR) is 110 cm³/mol. The Morgan fingerprint density at radius 3 is 2.00 bits per heavy atom. The summed E-state index contributed by atoms with van der Waals surface area (Å²) in [7, 11) is 0. The van der Waals surface area contributed by atoms with E-state index in [-0.39, 0.29) is 18.8 Å². The first-order valence-electron chi connectivity index (χ1n) is 10.5. The second kappa shape index (κ2) is 12.1. The molecule has 1 aliphatic heterocycles. The van der Waals surface area contributed by atoms with Crippen molar-refractivity contribution in [3.63, 3.8) is 0 Å². The van der Waals surface area contributed by atoms with Crippen LogP contribution in [0.1, 0.15) is 51.2 Å². The number of aromatic nitrogens is 1. The van der Waals surface area contributed by atoms with Crippen LogP contribution >= 0.6 is 0 Å². The van der Waals surface area contributed by atoms with E-state index in [0.717, 1.165) is 20.8 Å². The predicted octanol–water partition coefficient (Wildman–Crippen LogP) is 0.406. The van der Waals surface area contributed by atoms with Gasteiger partial charge in [0.25, 0.3) is 0 Å². The van der Waals surface area contributed by atoms with Crippen LogP contribution in [-0.4, -0.2) is 67.5 Å². The van der Waals surface area contributed by atoms with Gasteiger partial charge in [-0.2, -0.15) is 4.57 Å². The zero-order valence-electron chi connectivity index (χ0n) is 19.5. The topological polar surface area (TPSA) is 145 Å². The first kappa shape index (κ1) is 26.7. The smallest absolute Gasteiger partial charge is 0.344 e. The second-order valence-electron chi connectivity index (χ2n) is 7.35. The lowest BCUT2D eigenvalue weighted by molar-refractivity contribution is -0.777. The molecule has 12 nitrogen and oxygen atoms in total. The van der Waals surface area contributed by atoms with E-state index in [1.54, 1.807) is 13.0 Å². The molecule has 0 aliphatic carbocycles. The number of carbonyl (C=O) groups excluding carboxylic acids is 5. The Morgan fingerprint density at radius 1 is 0.853 bits per heavy atom. The maximum Gasteiger partial charge on any atom is 0.344 e. The average molecular weight is 482 g/mol. The first-order chi connectivity index (χ1) is 16.0. The van der Waals surface area contributed by atoms with Crippen LogP contribution in [-0.2, 0) is 47.6 Å². The molecule has 1 aliphatic rings. The summed E-state index contributed by atoms with van der Waals surface area (Å²) in [5, 5.41) is 0. The Kier molecular flexibility index (Phi) is 9.48. The molecule has 0 bridgehead atoms. The first-order valence-corrected chi connectivity index (χ1v) is 10.5. The molecule has 12 heteroatoms. The number of esters is 5. The molecular formula is C22H28NO11+. The van der Waals surface area contributed by atoms with Crippen LogP contribution in [0.15, 0.2) is 24.5 Å². The molecule has 1 fully saturated rings. The van der Waals surface area contributed by atoms with Crippen molar-refractivity contribution in [1.29, 1.82) is 0 Å². The van der Waals surface area contributed by atoms with E-state index in [2.05, 4.69) is 0 Å². The summed E-state index contributed by atoms with van der Waals surface area (Å²) < 4.78 is 33.7. The summed E-state index contributed by atoms with van der Waals surface area (Å²) in [6.07, 6.45) is -3.20. The molecule has 1 saturated heterocycles. The Hall–Kier alpha value is -3.54. The van der Waals surface area contributed by atoms with Gasteiger partial charge in [0, 0.05) is 33.8 Å². The maximum absolute atomic E-state index is 12.2. The summed E-state index contributed by atoms with van der Waals surface area (Å²) in [6, 6.07) is 3.06. The minimum Gasteiger partial charge on any atom is -0.463 e. The minimum atomic E-state index is -1.32. The van der Waals surface area contributed by atoms with Crippen LogP contribution in [0.25, 0.3) is 0 Å². The highest BCUT2D eigenvalue weighted by molar-refractivity contribution is 5.88. The van der Waals surface area contributed by atoms with Gasteiger partial charge >= 0.3 is 36.1 Å². The fourth-order valence-electron chi connectivity index (χ4n) is 3.43. The van der Waals surface area contributed by atoms with Crippen molar-refractivity contribution >= 4 is 29.8 Å². The third-order valence-corrected chi connectivity index (χ3v) is 4.59. The molecule has 5 unspecified atom stereocenters. The molecule has 2 rings (SSSR count). The molecular weight excluding hydrogens is 454 g/mol. The Morgan fingerprint density at radius 2 is 1.44 bits per heavy atom. The molecule has 0 spiro atoms. The van der Waals surface area contributed by atoms with Crippen LogP contribution in [0.2, 0.25) is 0 Å². The number of hydrogen-bond donors (Lipinski definition) is 0. The van der Waals surface area contributed by atoms with Crippen LogP contribution in [0.5, 0.6) is 0 Å². The van der Waals surface area contributed by atoms with Gasteiger partial charge < -0.3 is 28.4 Å². The molecule has 0 amide bonds. The van der Waals surface area contributed by atoms with Gasteiger partial charge in [0.2, 0.25) is 6.10 Å². The third-order valence-electron chi connectivity index (χ3n) is 4.59. The van der Waals surface area contributed by atoms with E-state index in [1.165, 1.54) is 30.0 Å². The fourth-order valence-corrected chi connectivity index (χ4v) is 3.43. The van der Waals surface area contributed by atoms with Gasteiger partial charge in [-0.1, -0.05) is 0 Å². The number of nitrogens with zero attached hydrogens (tertiary/aromatic N) is 1. The standard InChI is InChI=1S/C22H28NO11/c1-6-29-22(28)16-8-7-9-23(10-16)21-20(33-15(5)27)19(32-14(4)26)18(31-13(3)25)17(34-21)11-30-12(2)24/h7-10,17-21H,6,11H2,1-5H3/q+1. The summed E-state index contributed by atoms with van der Waals surface area (Å²) >= 11 is 0. The highest BCUT2D eigenvalue weighted by Gasteiger charge is 2.56. The molecule has 1 aromatic heterocycles. The second-order valence-corrected chi connectivity index (χ2v) is 7.35. The van der Waals surface area contributed by atoms with Crippen LogP contribution < -0.4 is 4.57 Å². The molecule has 0 N–H and O–H groups in total. The number of ether oxygens (including phenoxy) is 6. The largest absolute Gasteiger partial charge is 0.463 e. The van der Waals surface area contributed by atoms with Gasteiger partial charge in [0.05, 0.1) is 6.61 Å². The molecule has 34 heavy (non-hydrogen) atoms. The van der Waals surface area contributed by atoms with Gasteiger partial charge in [-0.25, -0.2) is 4.79 Å². The molecule has 5 atom stereocenters. The number of carbonyl (C=O) groups is 5. The van der Waals surface area contributed by atoms with Crippen molar-refractivity contribution in [2.24, 2.45) is 0 Å². The van der Waals surface area contributed by atoms with E-state index in [1.807, 2.05) is 0 Å². The summed E-state index contributed by atoms with van der Waals surface area (Å²) in [5.74, 6) is -3.41. The maximum atomic E-state index is 12.2. The molecule has 1 aromatic rings. The van der Waals surface area contributed by atoms with Crippen molar-refractivity contribution in [1.82, 2.24) is 0 Å². The van der Waals surface area contributed by atoms with Gasteiger partial charge in [0.15, 0.2) is 24.6 Å². The van der Waals surface area contributed by atoms with Crippen molar-refractivity contribution < 1.29 is 57.0 Å². The number of pyridine rings is 1. The molecule has 2 heterocycles. The molecule has 0 saturated carbocycles. The minimum absolute atomic E-state index is 0.160. The Labute approximate surface area is 196 Å². The normalized spacial score (nSPS) is 23.9. The van der Waals surface area contributed by atoms with Crippen molar-refractivity contribution in [3.8, 4) is 0 Å². The van der Waals surface area contributed by atoms with E-state index < -0.39 is 60.5 Å². The van der Waals surface area contributed by atoms with E-state index >= 15 is 0 Å². The average Bonchev–Trinajstić information content (AvgIpc) is 2.74. The van der Waals surface area contributed by atoms with Gasteiger partial charge in [-0.3, -0.25) is 19.2 Å². The zero-order chi connectivity index (χ0) is 25.4. The van der Waals surface area contributed by atoms with Crippen LogP contribution in [0.4, 0.5) is 0 Å². The number of hydrogen-bond acceptors (Lipinski definition) is 11. The van der Waals surface area contributed by atoms with Gasteiger partial charge in [-0.15, -0.1) is 0 Å². The summed E-state index contributed by atoms with van der Waals surface area (Å²) in [4.78, 5) is 59.3. The zero-order valence-corrected chi connectivity index (χ0v) is 19.5. The van der Waals surface area contributed by atoms with Gasteiger partial charge in [0.1, 0.15) is 18.3 Å². The summed E-state index contributed by atoms with van der Waals surface area (Å²) in [6.45, 7) is 6.07. The van der Waals surface area contributed by atoms with Crippen molar-refractivity contribution in [3.05, 3.63) is 30.1 Å². The lowest BCUT2D eigenvalue weighted by Crippen LogP contribution is -2.65. The Bertz CT molecular complexity index is 931. The Balaban J connectivity index is 2.57. The third kappa shape index (κ3) is 7.24. The van der Waals surface area contributed by atoms with E-state index in [0.29, 0.717) is 0 Å². The SMILES string of the molecule is CCOC(=O)c1ccc[n+](C2OC(COC(C)=O)C(OC(C)=O)C(OC(C)=O)C2OC(C)=O)c1. The molecule has 0 radical (unpaired) electrons. The quantitative estimate of drug-likeness (QED) is 0.288. The van der Waals surface area contributed by atoms with Gasteiger partial charge in [-0.05, 0) is 13.0 Å². The molecule has 0 aromatic carbocycles. The fraction of sp³-hybridized carbons (Fsp3) is 0.545. The number of rotatable bonds is 8. The lowest BCUT2D eigenvalue weighted by atomic mass is 9.97. The highest BCUT2D eigenvalue weighted by atomic mass is 16.7. The lowest BCUT2D eigenvalue weighted by Gasteiger charge is -2.41. The van der Waals surface area contributed by atoms with Crippen LogP contribution in [0, 0.1) is 0 Å². The van der Waals surface area contributed by atoms with Crippen LogP contribution in [0.3, 0.4) is 0 Å². The van der Waals surface area contributed by atoms with E-state index in [4.69, 9.17) is 28.4 Å². The summed E-state index contributed by atoms with van der Waals surface area (Å²) in [5.41, 5.74) is 0.178. The monoisotopic (exact) mass is 482 g/mol. The van der Waals surface area contributed by atoms with Crippen molar-refractivity contribution in [2.45, 2.75) is 65.3 Å². The van der Waals surface area contributed by atoms with E-state index in [9.17, 15) is 24.0 Å². The molecule has 186 valence electrons. The highest BCUT2D eigenvalue weighted by Crippen LogP contribution is 2.32.